The third kappa shape index (κ3) is 4.74. The van der Waals surface area contributed by atoms with Crippen LogP contribution in [0, 0.1) is 0 Å². The number of esters is 1. The van der Waals surface area contributed by atoms with E-state index >= 15 is 0 Å². The third-order valence-electron chi connectivity index (χ3n) is 2.02. The summed E-state index contributed by atoms with van der Waals surface area (Å²) < 4.78 is 30.0. The molecule has 2 N–H and O–H groups in total. The van der Waals surface area contributed by atoms with Crippen LogP contribution in [-0.4, -0.2) is 36.9 Å². The fraction of sp³-hybridized carbons (Fsp3) is 0.600. The lowest BCUT2D eigenvalue weighted by Crippen LogP contribution is -2.24. The zero-order valence-electron chi connectivity index (χ0n) is 10.4. The second kappa shape index (κ2) is 6.39. The van der Waals surface area contributed by atoms with Gasteiger partial charge in [0.2, 0.25) is 10.0 Å². The molecule has 102 valence electrons. The lowest BCUT2D eigenvalue weighted by molar-refractivity contribution is -0.139. The largest absolute Gasteiger partial charge is 0.465 e. The number of hydrogen-bond acceptors (Lipinski definition) is 5. The lowest BCUT2D eigenvalue weighted by atomic mass is 10.2. The van der Waals surface area contributed by atoms with Gasteiger partial charge in [0.05, 0.1) is 6.61 Å². The molecule has 1 rings (SSSR count). The summed E-state index contributed by atoms with van der Waals surface area (Å²) in [5, 5.41) is 6.52. The number of anilines is 1. The van der Waals surface area contributed by atoms with E-state index in [0.29, 0.717) is 0 Å². The number of carbonyl (C=O) groups excluding carboxylic acids is 1. The molecule has 0 amide bonds. The smallest absolute Gasteiger partial charge is 0.323 e. The Labute approximate surface area is 106 Å². The quantitative estimate of drug-likeness (QED) is 0.712. The van der Waals surface area contributed by atoms with E-state index < -0.39 is 21.7 Å². The highest BCUT2D eigenvalue weighted by molar-refractivity contribution is 7.93. The summed E-state index contributed by atoms with van der Waals surface area (Å²) in [6.45, 7) is 3.77. The van der Waals surface area contributed by atoms with Crippen LogP contribution in [0.4, 0.5) is 5.82 Å². The number of rotatable bonds is 7. The number of nitrogens with one attached hydrogen (secondary N) is 2. The minimum atomic E-state index is -3.76. The highest BCUT2D eigenvalue weighted by Crippen LogP contribution is 2.09. The summed E-state index contributed by atoms with van der Waals surface area (Å²) in [6.07, 6.45) is 1.71. The van der Waals surface area contributed by atoms with Crippen molar-refractivity contribution in [3.8, 4) is 0 Å². The average molecular weight is 275 g/mol. The van der Waals surface area contributed by atoms with Crippen molar-refractivity contribution in [2.45, 2.75) is 26.7 Å². The van der Waals surface area contributed by atoms with Crippen LogP contribution in [0.1, 0.15) is 26.0 Å². The van der Waals surface area contributed by atoms with E-state index in [1.807, 2.05) is 6.92 Å². The molecule has 0 saturated heterocycles. The van der Waals surface area contributed by atoms with Gasteiger partial charge in [-0.05, 0) is 13.3 Å². The van der Waals surface area contributed by atoms with Gasteiger partial charge in [0.1, 0.15) is 0 Å². The van der Waals surface area contributed by atoms with E-state index in [-0.39, 0.29) is 12.4 Å². The Bertz CT molecular complexity index is 495. The van der Waals surface area contributed by atoms with Crippen molar-refractivity contribution >= 4 is 21.8 Å². The number of aromatic nitrogens is 2. The van der Waals surface area contributed by atoms with Crippen LogP contribution in [-0.2, 0) is 26.0 Å². The van der Waals surface area contributed by atoms with Gasteiger partial charge in [-0.1, -0.05) is 13.3 Å². The molecule has 18 heavy (non-hydrogen) atoms. The predicted octanol–water partition coefficient (Wildman–Crippen LogP) is 0.667. The standard InChI is InChI=1S/C10H17N3O4S/c1-3-5-8-6-9(12-11-8)13-18(15,16)7-10(14)17-4-2/h6H,3-5,7H2,1-2H3,(H2,11,12,13). The summed E-state index contributed by atoms with van der Waals surface area (Å²) in [4.78, 5) is 11.1. The topological polar surface area (TPSA) is 101 Å². The first-order chi connectivity index (χ1) is 8.46. The number of aryl methyl sites for hydroxylation is 1. The van der Waals surface area contributed by atoms with Crippen LogP contribution < -0.4 is 4.72 Å². The number of sulfonamides is 1. The number of aromatic amines is 1. The van der Waals surface area contributed by atoms with Gasteiger partial charge in [-0.25, -0.2) is 8.42 Å². The average Bonchev–Trinajstić information content (AvgIpc) is 2.64. The fourth-order valence-corrected chi connectivity index (χ4v) is 2.25. The second-order valence-electron chi connectivity index (χ2n) is 3.69. The highest BCUT2D eigenvalue weighted by Gasteiger charge is 2.18. The Morgan fingerprint density at radius 3 is 2.83 bits per heavy atom. The van der Waals surface area contributed by atoms with Crippen LogP contribution >= 0.6 is 0 Å². The zero-order valence-corrected chi connectivity index (χ0v) is 11.2. The SMILES string of the molecule is CCCc1cc(NS(=O)(=O)CC(=O)OCC)n[nH]1. The minimum absolute atomic E-state index is 0.150. The molecule has 0 spiro atoms. The maximum absolute atomic E-state index is 11.6. The Balaban J connectivity index is 2.61. The first-order valence-electron chi connectivity index (χ1n) is 5.67. The lowest BCUT2D eigenvalue weighted by Gasteiger charge is -2.04. The van der Waals surface area contributed by atoms with Crippen LogP contribution in [0.2, 0.25) is 0 Å². The van der Waals surface area contributed by atoms with Crippen LogP contribution in [0.25, 0.3) is 0 Å². The molecular formula is C10H17N3O4S. The normalized spacial score (nSPS) is 11.2. The van der Waals surface area contributed by atoms with E-state index in [1.54, 1.807) is 13.0 Å². The number of hydrogen-bond donors (Lipinski definition) is 2. The van der Waals surface area contributed by atoms with Crippen LogP contribution in [0.15, 0.2) is 6.07 Å². The van der Waals surface area contributed by atoms with Crippen molar-refractivity contribution in [1.82, 2.24) is 10.2 Å². The minimum Gasteiger partial charge on any atom is -0.465 e. The molecule has 1 aromatic heterocycles. The van der Waals surface area contributed by atoms with Crippen LogP contribution in [0.5, 0.6) is 0 Å². The zero-order chi connectivity index (χ0) is 13.6. The van der Waals surface area contributed by atoms with Gasteiger partial charge >= 0.3 is 5.97 Å². The van der Waals surface area contributed by atoms with Crippen LogP contribution in [0.3, 0.4) is 0 Å². The van der Waals surface area contributed by atoms with E-state index in [0.717, 1.165) is 18.5 Å². The number of ether oxygens (including phenoxy) is 1. The predicted molar refractivity (Wildman–Crippen MR) is 66.6 cm³/mol. The Kier molecular flexibility index (Phi) is 5.14. The molecule has 1 heterocycles. The molecule has 0 saturated carbocycles. The van der Waals surface area contributed by atoms with Crippen molar-refractivity contribution < 1.29 is 17.9 Å². The second-order valence-corrected chi connectivity index (χ2v) is 5.42. The number of H-pyrrole nitrogens is 1. The molecule has 0 aliphatic heterocycles. The van der Waals surface area contributed by atoms with Crippen molar-refractivity contribution in [3.05, 3.63) is 11.8 Å². The number of nitrogens with zero attached hydrogens (tertiary/aromatic N) is 1. The third-order valence-corrected chi connectivity index (χ3v) is 3.16. The molecule has 0 bridgehead atoms. The van der Waals surface area contributed by atoms with Crippen molar-refractivity contribution in [1.29, 1.82) is 0 Å². The molecule has 0 radical (unpaired) electrons. The first-order valence-corrected chi connectivity index (χ1v) is 7.32. The summed E-state index contributed by atoms with van der Waals surface area (Å²) in [7, 11) is -3.76. The van der Waals surface area contributed by atoms with Gasteiger partial charge in [-0.2, -0.15) is 5.10 Å². The molecular weight excluding hydrogens is 258 g/mol. The maximum atomic E-state index is 11.6. The molecule has 1 aromatic rings. The molecule has 8 heteroatoms. The molecule has 0 fully saturated rings. The van der Waals surface area contributed by atoms with Gasteiger partial charge in [0, 0.05) is 11.8 Å². The molecule has 0 aromatic carbocycles. The first kappa shape index (κ1) is 14.5. The van der Waals surface area contributed by atoms with Gasteiger partial charge in [-0.15, -0.1) is 0 Å². The Morgan fingerprint density at radius 1 is 1.50 bits per heavy atom. The maximum Gasteiger partial charge on any atom is 0.323 e. The van der Waals surface area contributed by atoms with Gasteiger partial charge in [0.15, 0.2) is 11.6 Å². The number of carbonyl (C=O) groups is 1. The van der Waals surface area contributed by atoms with E-state index in [2.05, 4.69) is 19.7 Å². The van der Waals surface area contributed by atoms with E-state index in [9.17, 15) is 13.2 Å². The molecule has 0 aliphatic carbocycles. The highest BCUT2D eigenvalue weighted by atomic mass is 32.2. The molecule has 0 unspecified atom stereocenters. The molecule has 7 nitrogen and oxygen atoms in total. The summed E-state index contributed by atoms with van der Waals surface area (Å²) in [5.41, 5.74) is 0.839. The molecule has 0 atom stereocenters. The summed E-state index contributed by atoms with van der Waals surface area (Å²) >= 11 is 0. The van der Waals surface area contributed by atoms with E-state index in [1.165, 1.54) is 0 Å². The van der Waals surface area contributed by atoms with Crippen molar-refractivity contribution in [3.63, 3.8) is 0 Å². The van der Waals surface area contributed by atoms with Crippen molar-refractivity contribution in [2.24, 2.45) is 0 Å². The summed E-state index contributed by atoms with van der Waals surface area (Å²) in [6, 6.07) is 1.60. The summed E-state index contributed by atoms with van der Waals surface area (Å²) in [5.74, 6) is -1.31. The van der Waals surface area contributed by atoms with Gasteiger partial charge < -0.3 is 4.74 Å². The van der Waals surface area contributed by atoms with E-state index in [4.69, 9.17) is 0 Å². The van der Waals surface area contributed by atoms with Crippen molar-refractivity contribution in [2.75, 3.05) is 17.1 Å². The monoisotopic (exact) mass is 275 g/mol. The molecule has 0 aliphatic rings. The Hall–Kier alpha value is -1.57. The Morgan fingerprint density at radius 2 is 2.22 bits per heavy atom. The van der Waals surface area contributed by atoms with Gasteiger partial charge in [0.25, 0.3) is 0 Å². The van der Waals surface area contributed by atoms with Gasteiger partial charge in [-0.3, -0.25) is 14.6 Å². The fourth-order valence-electron chi connectivity index (χ4n) is 1.36.